The Kier molecular flexibility index (Phi) is 4.70. The van der Waals surface area contributed by atoms with Gasteiger partial charge in [-0.25, -0.2) is 0 Å². The van der Waals surface area contributed by atoms with E-state index in [1.807, 2.05) is 0 Å². The van der Waals surface area contributed by atoms with Crippen LogP contribution in [0, 0.1) is 5.92 Å². The molecule has 0 unspecified atom stereocenters. The quantitative estimate of drug-likeness (QED) is 0.313. The van der Waals surface area contributed by atoms with E-state index in [2.05, 4.69) is 29.4 Å². The Balaban J connectivity index is 2.78. The summed E-state index contributed by atoms with van der Waals surface area (Å²) in [5, 5.41) is 18.2. The summed E-state index contributed by atoms with van der Waals surface area (Å²) in [6.45, 7) is 4.11. The van der Waals surface area contributed by atoms with Crippen molar-refractivity contribution in [3.05, 3.63) is 11.8 Å². The molecule has 0 aliphatic rings. The number of aromatic nitrogens is 2. The third kappa shape index (κ3) is 3.47. The molecule has 0 aromatic carbocycles. The van der Waals surface area contributed by atoms with Crippen molar-refractivity contribution >= 4 is 17.6 Å². The maximum absolute atomic E-state index is 11.7. The molecule has 0 bridgehead atoms. The van der Waals surface area contributed by atoms with Gasteiger partial charge < -0.3 is 16.3 Å². The molecule has 0 radical (unpaired) electrons. The van der Waals surface area contributed by atoms with Gasteiger partial charge in [0.25, 0.3) is 0 Å². The first kappa shape index (κ1) is 14.0. The number of nitrogens with zero attached hydrogens (tertiary/aromatic N) is 3. The third-order valence-corrected chi connectivity index (χ3v) is 2.53. The van der Waals surface area contributed by atoms with Gasteiger partial charge in [-0.1, -0.05) is 19.0 Å². The van der Waals surface area contributed by atoms with Gasteiger partial charge in [-0.15, -0.1) is 0 Å². The van der Waals surface area contributed by atoms with Crippen LogP contribution in [0.1, 0.15) is 32.3 Å². The molecule has 1 rings (SSSR count). The number of nitrogens with two attached hydrogens (primary N) is 1. The number of amidine groups is 1. The lowest BCUT2D eigenvalue weighted by Gasteiger charge is -2.08. The van der Waals surface area contributed by atoms with Crippen molar-refractivity contribution in [3.8, 4) is 0 Å². The Morgan fingerprint density at radius 1 is 1.67 bits per heavy atom. The van der Waals surface area contributed by atoms with E-state index in [9.17, 15) is 4.79 Å². The van der Waals surface area contributed by atoms with Crippen molar-refractivity contribution in [2.45, 2.75) is 26.7 Å². The number of carbonyl (C=O) groups excluding carboxylic acids is 1. The van der Waals surface area contributed by atoms with Crippen LogP contribution in [0.25, 0.3) is 0 Å². The second-order valence-corrected chi connectivity index (χ2v) is 4.50. The molecular weight excluding hydrogens is 234 g/mol. The molecule has 1 amide bonds. The fourth-order valence-corrected chi connectivity index (χ4v) is 1.44. The standard InChI is InChI=1S/C11H19N5O2/c1-7(2)4-5-9(17)14-11-8(10(12)15-18)6-13-16(11)3/h6-7,18H,4-5H2,1-3H3,(H2,12,15)(H,14,17). The molecule has 0 fully saturated rings. The number of hydrogen-bond donors (Lipinski definition) is 3. The molecule has 4 N–H and O–H groups in total. The van der Waals surface area contributed by atoms with Crippen molar-refractivity contribution < 1.29 is 10.0 Å². The summed E-state index contributed by atoms with van der Waals surface area (Å²) in [5.74, 6) is 0.700. The zero-order chi connectivity index (χ0) is 13.7. The van der Waals surface area contributed by atoms with Gasteiger partial charge in [0.1, 0.15) is 5.82 Å². The van der Waals surface area contributed by atoms with Gasteiger partial charge in [-0.2, -0.15) is 5.10 Å². The summed E-state index contributed by atoms with van der Waals surface area (Å²) >= 11 is 0. The molecule has 0 saturated carbocycles. The second kappa shape index (κ2) is 6.04. The van der Waals surface area contributed by atoms with E-state index in [1.165, 1.54) is 10.9 Å². The van der Waals surface area contributed by atoms with Crippen LogP contribution in [0.15, 0.2) is 11.4 Å². The summed E-state index contributed by atoms with van der Waals surface area (Å²) < 4.78 is 1.47. The molecule has 18 heavy (non-hydrogen) atoms. The van der Waals surface area contributed by atoms with Crippen LogP contribution in [0.3, 0.4) is 0 Å². The summed E-state index contributed by atoms with van der Waals surface area (Å²) in [7, 11) is 1.67. The molecule has 100 valence electrons. The summed E-state index contributed by atoms with van der Waals surface area (Å²) in [6, 6.07) is 0. The first-order chi connectivity index (χ1) is 8.45. The molecule has 0 aliphatic carbocycles. The number of hydrogen-bond acceptors (Lipinski definition) is 4. The van der Waals surface area contributed by atoms with Crippen LogP contribution in [-0.4, -0.2) is 26.7 Å². The first-order valence-electron chi connectivity index (χ1n) is 5.75. The fraction of sp³-hybridized carbons (Fsp3) is 0.545. The van der Waals surface area contributed by atoms with Crippen LogP contribution < -0.4 is 11.1 Å². The molecule has 7 nitrogen and oxygen atoms in total. The molecule has 0 aliphatic heterocycles. The largest absolute Gasteiger partial charge is 0.409 e. The maximum Gasteiger partial charge on any atom is 0.225 e. The van der Waals surface area contributed by atoms with Gasteiger partial charge in [0.2, 0.25) is 5.91 Å². The van der Waals surface area contributed by atoms with E-state index in [0.29, 0.717) is 23.7 Å². The highest BCUT2D eigenvalue weighted by molar-refractivity contribution is 6.04. The average Bonchev–Trinajstić information content (AvgIpc) is 2.68. The Morgan fingerprint density at radius 2 is 2.33 bits per heavy atom. The highest BCUT2D eigenvalue weighted by Gasteiger charge is 2.15. The lowest BCUT2D eigenvalue weighted by molar-refractivity contribution is -0.116. The summed E-state index contributed by atoms with van der Waals surface area (Å²) in [4.78, 5) is 11.7. The molecule has 1 aromatic rings. The Bertz CT molecular complexity index is 450. The van der Waals surface area contributed by atoms with Gasteiger partial charge in [-0.3, -0.25) is 9.48 Å². The second-order valence-electron chi connectivity index (χ2n) is 4.50. The van der Waals surface area contributed by atoms with Gasteiger partial charge in [-0.05, 0) is 12.3 Å². The minimum Gasteiger partial charge on any atom is -0.409 e. The number of rotatable bonds is 5. The fourth-order valence-electron chi connectivity index (χ4n) is 1.44. The van der Waals surface area contributed by atoms with Gasteiger partial charge >= 0.3 is 0 Å². The molecule has 0 saturated heterocycles. The van der Waals surface area contributed by atoms with Gasteiger partial charge in [0, 0.05) is 13.5 Å². The van der Waals surface area contributed by atoms with Crippen LogP contribution in [-0.2, 0) is 11.8 Å². The molecule has 0 atom stereocenters. The number of nitrogens with one attached hydrogen (secondary N) is 1. The molecule has 7 heteroatoms. The van der Waals surface area contributed by atoms with Crippen LogP contribution in [0.4, 0.5) is 5.82 Å². The Hall–Kier alpha value is -2.05. The van der Waals surface area contributed by atoms with E-state index in [1.54, 1.807) is 7.05 Å². The monoisotopic (exact) mass is 253 g/mol. The lowest BCUT2D eigenvalue weighted by atomic mass is 10.1. The van der Waals surface area contributed by atoms with E-state index in [4.69, 9.17) is 10.9 Å². The molecule has 1 aromatic heterocycles. The molecule has 1 heterocycles. The topological polar surface area (TPSA) is 106 Å². The smallest absolute Gasteiger partial charge is 0.225 e. The highest BCUT2D eigenvalue weighted by atomic mass is 16.4. The van der Waals surface area contributed by atoms with Crippen LogP contribution in [0.5, 0.6) is 0 Å². The van der Waals surface area contributed by atoms with Gasteiger partial charge in [0.05, 0.1) is 11.8 Å². The maximum atomic E-state index is 11.7. The Morgan fingerprint density at radius 3 is 2.89 bits per heavy atom. The van der Waals surface area contributed by atoms with Gasteiger partial charge in [0.15, 0.2) is 5.84 Å². The SMILES string of the molecule is CC(C)CCC(=O)Nc1c(C(N)=NO)cnn1C. The van der Waals surface area contributed by atoms with Crippen LogP contribution >= 0.6 is 0 Å². The predicted molar refractivity (Wildman–Crippen MR) is 68.4 cm³/mol. The van der Waals surface area contributed by atoms with Crippen molar-refractivity contribution in [2.75, 3.05) is 5.32 Å². The zero-order valence-corrected chi connectivity index (χ0v) is 10.8. The number of amides is 1. The van der Waals surface area contributed by atoms with E-state index < -0.39 is 0 Å². The number of anilines is 1. The Labute approximate surface area is 106 Å². The average molecular weight is 253 g/mol. The van der Waals surface area contributed by atoms with E-state index in [0.717, 1.165) is 6.42 Å². The molecule has 0 spiro atoms. The first-order valence-corrected chi connectivity index (χ1v) is 5.75. The van der Waals surface area contributed by atoms with Crippen molar-refractivity contribution in [3.63, 3.8) is 0 Å². The number of oxime groups is 1. The normalized spacial score (nSPS) is 11.9. The van der Waals surface area contributed by atoms with Crippen molar-refractivity contribution in [1.29, 1.82) is 0 Å². The van der Waals surface area contributed by atoms with Crippen LogP contribution in [0.2, 0.25) is 0 Å². The third-order valence-electron chi connectivity index (χ3n) is 2.53. The zero-order valence-electron chi connectivity index (χ0n) is 10.8. The van der Waals surface area contributed by atoms with Crippen molar-refractivity contribution in [2.24, 2.45) is 23.9 Å². The van der Waals surface area contributed by atoms with E-state index in [-0.39, 0.29) is 11.7 Å². The number of aryl methyl sites for hydroxylation is 1. The van der Waals surface area contributed by atoms with Crippen molar-refractivity contribution in [1.82, 2.24) is 9.78 Å². The highest BCUT2D eigenvalue weighted by Crippen LogP contribution is 2.14. The lowest BCUT2D eigenvalue weighted by Crippen LogP contribution is -2.20. The predicted octanol–water partition coefficient (Wildman–Crippen LogP) is 0.889. The minimum atomic E-state index is -0.112. The minimum absolute atomic E-state index is 0.0812. The summed E-state index contributed by atoms with van der Waals surface area (Å²) in [5.41, 5.74) is 5.90. The van der Waals surface area contributed by atoms with E-state index >= 15 is 0 Å². The number of carbonyl (C=O) groups is 1. The summed E-state index contributed by atoms with van der Waals surface area (Å²) in [6.07, 6.45) is 2.67. The molecular formula is C11H19N5O2.